The van der Waals surface area contributed by atoms with Crippen molar-refractivity contribution in [3.63, 3.8) is 0 Å². The molecule has 5 aromatic rings. The lowest BCUT2D eigenvalue weighted by atomic mass is 10.0. The molecule has 0 atom stereocenters. The van der Waals surface area contributed by atoms with Crippen molar-refractivity contribution in [3.8, 4) is 16.9 Å². The number of hydrogen-bond acceptors (Lipinski definition) is 5. The van der Waals surface area contributed by atoms with Gasteiger partial charge in [-0.25, -0.2) is 13.2 Å². The van der Waals surface area contributed by atoms with E-state index in [4.69, 9.17) is 0 Å². The fourth-order valence-electron chi connectivity index (χ4n) is 5.96. The van der Waals surface area contributed by atoms with Gasteiger partial charge in [-0.05, 0) is 71.0 Å². The summed E-state index contributed by atoms with van der Waals surface area (Å²) >= 11 is 0. The summed E-state index contributed by atoms with van der Waals surface area (Å²) in [6.07, 6.45) is 6.85. The Morgan fingerprint density at radius 1 is 0.647 bits per heavy atom. The van der Waals surface area contributed by atoms with Crippen LogP contribution in [0.25, 0.3) is 11.1 Å². The second kappa shape index (κ2) is 17.6. The highest BCUT2D eigenvalue weighted by atomic mass is 32.2. The molecular formula is C42H44N2O6S. The number of phenols is 1. The van der Waals surface area contributed by atoms with Crippen LogP contribution in [0.4, 0.5) is 5.69 Å². The molecule has 0 unspecified atom stereocenters. The van der Waals surface area contributed by atoms with Gasteiger partial charge >= 0.3 is 5.97 Å². The molecule has 0 aliphatic carbocycles. The number of unbranched alkanes of at least 4 members (excludes halogenated alkanes) is 4. The molecule has 264 valence electrons. The Morgan fingerprint density at radius 3 is 1.88 bits per heavy atom. The zero-order valence-corrected chi connectivity index (χ0v) is 29.6. The van der Waals surface area contributed by atoms with Crippen LogP contribution in [-0.2, 0) is 34.3 Å². The molecular weight excluding hydrogens is 661 g/mol. The molecule has 8 nitrogen and oxygen atoms in total. The second-order valence-corrected chi connectivity index (χ2v) is 14.6. The molecule has 5 rings (SSSR count). The van der Waals surface area contributed by atoms with Gasteiger partial charge in [-0.15, -0.1) is 0 Å². The summed E-state index contributed by atoms with van der Waals surface area (Å²) in [5.74, 6) is -2.34. The van der Waals surface area contributed by atoms with Gasteiger partial charge in [-0.3, -0.25) is 4.79 Å². The predicted octanol–water partition coefficient (Wildman–Crippen LogP) is 8.69. The molecule has 0 radical (unpaired) electrons. The fraction of sp³-hybridized carbons (Fsp3) is 0.238. The Kier molecular flexibility index (Phi) is 12.8. The zero-order valence-electron chi connectivity index (χ0n) is 28.8. The third-order valence-electron chi connectivity index (χ3n) is 8.87. The van der Waals surface area contributed by atoms with Crippen LogP contribution in [0.5, 0.6) is 5.75 Å². The van der Waals surface area contributed by atoms with Gasteiger partial charge in [-0.2, -0.15) is 4.31 Å². The first kappa shape index (κ1) is 37.0. The Balaban J connectivity index is 1.45. The topological polar surface area (TPSA) is 115 Å². The molecule has 0 aliphatic heterocycles. The average molecular weight is 705 g/mol. The smallest absolute Gasteiger partial charge is 0.339 e. The molecule has 1 amide bonds. The van der Waals surface area contributed by atoms with Crippen LogP contribution in [-0.4, -0.2) is 41.4 Å². The van der Waals surface area contributed by atoms with Gasteiger partial charge in [0.2, 0.25) is 15.9 Å². The SMILES string of the molecule is CCCCCCCc1ccc(CN(C(=O)CN(Cc2ccccc2)S(=O)(=O)c2ccc(-c3ccccc3)cc2)c2ccc(O)c(C(=O)O)c2)cc1. The summed E-state index contributed by atoms with van der Waals surface area (Å²) in [7, 11) is -4.18. The lowest BCUT2D eigenvalue weighted by Gasteiger charge is -2.28. The molecule has 0 fully saturated rings. The lowest BCUT2D eigenvalue weighted by molar-refractivity contribution is -0.119. The Labute approximate surface area is 300 Å². The van der Waals surface area contributed by atoms with Crippen molar-refractivity contribution >= 4 is 27.6 Å². The molecule has 0 saturated heterocycles. The lowest BCUT2D eigenvalue weighted by Crippen LogP contribution is -2.42. The Bertz CT molecular complexity index is 2000. The van der Waals surface area contributed by atoms with Gasteiger partial charge in [0.15, 0.2) is 0 Å². The molecule has 0 heterocycles. The minimum absolute atomic E-state index is 0.0422. The third-order valence-corrected chi connectivity index (χ3v) is 10.7. The van der Waals surface area contributed by atoms with Crippen LogP contribution >= 0.6 is 0 Å². The summed E-state index contributed by atoms with van der Waals surface area (Å²) in [6, 6.07) is 37.1. The third kappa shape index (κ3) is 9.93. The second-order valence-electron chi connectivity index (χ2n) is 12.6. The van der Waals surface area contributed by atoms with Gasteiger partial charge in [-0.1, -0.05) is 130 Å². The van der Waals surface area contributed by atoms with Crippen LogP contribution in [0, 0.1) is 0 Å². The number of aromatic hydroxyl groups is 1. The number of carbonyl (C=O) groups excluding carboxylic acids is 1. The van der Waals surface area contributed by atoms with Crippen molar-refractivity contribution in [1.82, 2.24) is 4.31 Å². The average Bonchev–Trinajstić information content (AvgIpc) is 3.15. The van der Waals surface area contributed by atoms with Crippen molar-refractivity contribution in [2.45, 2.75) is 63.4 Å². The van der Waals surface area contributed by atoms with Gasteiger partial charge in [0.25, 0.3) is 0 Å². The van der Waals surface area contributed by atoms with E-state index < -0.39 is 34.2 Å². The highest BCUT2D eigenvalue weighted by Gasteiger charge is 2.30. The standard InChI is InChI=1S/C42H44N2O6S/c1-2-3-4-5-8-13-32-18-20-34(21-19-32)30-44(37-24-27-40(45)39(28-37)42(47)48)41(46)31-43(29-33-14-9-6-10-15-33)51(49,50)38-25-22-36(23-26-38)35-16-11-7-12-17-35/h6-7,9-12,14-28,45H,2-5,8,13,29-31H2,1H3,(H,47,48). The number of anilines is 1. The van der Waals surface area contributed by atoms with E-state index in [-0.39, 0.29) is 29.2 Å². The predicted molar refractivity (Wildman–Crippen MR) is 201 cm³/mol. The van der Waals surface area contributed by atoms with Crippen molar-refractivity contribution in [2.24, 2.45) is 0 Å². The fourth-order valence-corrected chi connectivity index (χ4v) is 7.34. The minimum atomic E-state index is -4.18. The molecule has 0 bridgehead atoms. The highest BCUT2D eigenvalue weighted by molar-refractivity contribution is 7.89. The molecule has 51 heavy (non-hydrogen) atoms. The van der Waals surface area contributed by atoms with Crippen LogP contribution < -0.4 is 4.90 Å². The van der Waals surface area contributed by atoms with Gasteiger partial charge < -0.3 is 15.1 Å². The number of carboxylic acids is 1. The molecule has 0 spiro atoms. The van der Waals surface area contributed by atoms with Crippen LogP contribution in [0.3, 0.4) is 0 Å². The summed E-state index contributed by atoms with van der Waals surface area (Å²) in [5.41, 5.74) is 4.33. The normalized spacial score (nSPS) is 11.4. The number of nitrogens with zero attached hydrogens (tertiary/aromatic N) is 2. The van der Waals surface area contributed by atoms with Crippen molar-refractivity contribution in [3.05, 3.63) is 150 Å². The summed E-state index contributed by atoms with van der Waals surface area (Å²) in [5, 5.41) is 20.0. The number of benzene rings is 5. The molecule has 0 saturated carbocycles. The first-order chi connectivity index (χ1) is 24.7. The number of carboxylic acid groups (broad SMARTS) is 1. The number of amides is 1. The van der Waals surface area contributed by atoms with E-state index in [2.05, 4.69) is 6.92 Å². The van der Waals surface area contributed by atoms with Crippen molar-refractivity contribution < 1.29 is 28.2 Å². The maximum atomic E-state index is 14.3. The van der Waals surface area contributed by atoms with E-state index in [0.29, 0.717) is 5.56 Å². The minimum Gasteiger partial charge on any atom is -0.507 e. The van der Waals surface area contributed by atoms with Gasteiger partial charge in [0, 0.05) is 12.2 Å². The van der Waals surface area contributed by atoms with E-state index in [1.54, 1.807) is 36.4 Å². The zero-order chi connectivity index (χ0) is 36.2. The molecule has 2 N–H and O–H groups in total. The number of aromatic carboxylic acids is 1. The number of aryl methyl sites for hydroxylation is 1. The number of hydrogen-bond donors (Lipinski definition) is 2. The Hall–Kier alpha value is -5.25. The monoisotopic (exact) mass is 704 g/mol. The number of carbonyl (C=O) groups is 2. The quantitative estimate of drug-likeness (QED) is 0.0937. The molecule has 9 heteroatoms. The maximum absolute atomic E-state index is 14.3. The van der Waals surface area contributed by atoms with Gasteiger partial charge in [0.1, 0.15) is 11.3 Å². The first-order valence-electron chi connectivity index (χ1n) is 17.3. The summed E-state index contributed by atoms with van der Waals surface area (Å²) in [6.45, 7) is 1.67. The van der Waals surface area contributed by atoms with Crippen LogP contribution in [0.2, 0.25) is 0 Å². The molecule has 0 aliphatic rings. The van der Waals surface area contributed by atoms with E-state index >= 15 is 0 Å². The molecule has 5 aromatic carbocycles. The Morgan fingerprint density at radius 2 is 1.24 bits per heavy atom. The number of rotatable bonds is 17. The van der Waals surface area contributed by atoms with E-state index in [0.717, 1.165) is 33.8 Å². The van der Waals surface area contributed by atoms with Crippen molar-refractivity contribution in [1.29, 1.82) is 0 Å². The first-order valence-corrected chi connectivity index (χ1v) is 18.7. The number of sulfonamides is 1. The summed E-state index contributed by atoms with van der Waals surface area (Å²) in [4.78, 5) is 27.7. The molecule has 0 aromatic heterocycles. The van der Waals surface area contributed by atoms with E-state index in [1.165, 1.54) is 54.3 Å². The van der Waals surface area contributed by atoms with E-state index in [9.17, 15) is 28.2 Å². The van der Waals surface area contributed by atoms with Crippen LogP contribution in [0.15, 0.2) is 132 Å². The van der Waals surface area contributed by atoms with Crippen LogP contribution in [0.1, 0.15) is 66.1 Å². The largest absolute Gasteiger partial charge is 0.507 e. The maximum Gasteiger partial charge on any atom is 0.339 e. The van der Waals surface area contributed by atoms with Crippen molar-refractivity contribution in [2.75, 3.05) is 11.4 Å². The van der Waals surface area contributed by atoms with E-state index in [1.807, 2.05) is 72.8 Å². The van der Waals surface area contributed by atoms with Gasteiger partial charge in [0.05, 0.1) is 18.0 Å². The summed E-state index contributed by atoms with van der Waals surface area (Å²) < 4.78 is 29.7. The highest BCUT2D eigenvalue weighted by Crippen LogP contribution is 2.28.